The molecule has 2 aromatic rings. The largest absolute Gasteiger partial charge is 0.369 e. The van der Waals surface area contributed by atoms with Crippen molar-refractivity contribution in [2.24, 2.45) is 4.99 Å². The molecule has 0 fully saturated rings. The van der Waals surface area contributed by atoms with Crippen LogP contribution in [0, 0.1) is 28.5 Å². The summed E-state index contributed by atoms with van der Waals surface area (Å²) in [5, 5.41) is 17.5. The number of anilines is 1. The zero-order chi connectivity index (χ0) is 17.2. The van der Waals surface area contributed by atoms with E-state index < -0.39 is 0 Å². The van der Waals surface area contributed by atoms with Gasteiger partial charge in [0.2, 0.25) is 0 Å². The van der Waals surface area contributed by atoms with Gasteiger partial charge in [-0.1, -0.05) is 12.1 Å². The molecule has 0 bridgehead atoms. The Labute approximate surface area is 141 Å². The molecule has 0 aromatic heterocycles. The van der Waals surface area contributed by atoms with Gasteiger partial charge in [0.1, 0.15) is 5.82 Å². The molecule has 0 aliphatic carbocycles. The second kappa shape index (κ2) is 9.07. The van der Waals surface area contributed by atoms with Gasteiger partial charge in [-0.25, -0.2) is 4.39 Å². The molecule has 2 aromatic carbocycles. The van der Waals surface area contributed by atoms with Crippen LogP contribution in [0.5, 0.6) is 0 Å². The minimum absolute atomic E-state index is 0.284. The predicted octanol–water partition coefficient (Wildman–Crippen LogP) is 4.21. The number of aliphatic imine (C=N–C) groups is 1. The van der Waals surface area contributed by atoms with Crippen molar-refractivity contribution >= 4 is 17.6 Å². The third-order valence-electron chi connectivity index (χ3n) is 3.43. The summed E-state index contributed by atoms with van der Waals surface area (Å²) in [7, 11) is 0. The molecule has 24 heavy (non-hydrogen) atoms. The number of hydrogen-bond donors (Lipinski definition) is 0. The Balaban J connectivity index is 2.06. The number of nitriles is 2. The fourth-order valence-corrected chi connectivity index (χ4v) is 2.19. The van der Waals surface area contributed by atoms with E-state index in [0.29, 0.717) is 31.6 Å². The molecule has 120 valence electrons. The maximum atomic E-state index is 12.9. The Morgan fingerprint density at radius 3 is 2.04 bits per heavy atom. The van der Waals surface area contributed by atoms with Crippen LogP contribution >= 0.6 is 0 Å². The monoisotopic (exact) mass is 320 g/mol. The summed E-state index contributed by atoms with van der Waals surface area (Å²) in [5.41, 5.74) is 2.58. The van der Waals surface area contributed by atoms with Crippen molar-refractivity contribution in [1.82, 2.24) is 0 Å². The normalized spacial score (nSPS) is 10.3. The van der Waals surface area contributed by atoms with Gasteiger partial charge in [0.25, 0.3) is 0 Å². The van der Waals surface area contributed by atoms with E-state index in [2.05, 4.69) is 17.1 Å². The van der Waals surface area contributed by atoms with Crippen molar-refractivity contribution in [1.29, 1.82) is 10.5 Å². The van der Waals surface area contributed by atoms with Gasteiger partial charge < -0.3 is 4.90 Å². The highest BCUT2D eigenvalue weighted by Crippen LogP contribution is 2.17. The van der Waals surface area contributed by atoms with E-state index in [1.165, 1.54) is 12.1 Å². The van der Waals surface area contributed by atoms with E-state index in [0.717, 1.165) is 11.3 Å². The number of rotatable bonds is 7. The molecule has 0 amide bonds. The van der Waals surface area contributed by atoms with Crippen molar-refractivity contribution in [2.45, 2.75) is 12.8 Å². The molecule has 0 N–H and O–H groups in total. The fraction of sp³-hybridized carbons (Fsp3) is 0.211. The van der Waals surface area contributed by atoms with Crippen molar-refractivity contribution in [2.75, 3.05) is 18.0 Å². The Bertz CT molecular complexity index is 734. The van der Waals surface area contributed by atoms with Crippen LogP contribution in [0.1, 0.15) is 18.4 Å². The summed E-state index contributed by atoms with van der Waals surface area (Å²) < 4.78 is 12.9. The SMILES string of the molecule is N#CCCN(CCC#N)c1ccc(C=Nc2ccc(F)cc2)cc1. The predicted molar refractivity (Wildman–Crippen MR) is 92.8 cm³/mol. The highest BCUT2D eigenvalue weighted by molar-refractivity contribution is 5.82. The zero-order valence-electron chi connectivity index (χ0n) is 13.2. The summed E-state index contributed by atoms with van der Waals surface area (Å²) in [4.78, 5) is 6.32. The summed E-state index contributed by atoms with van der Waals surface area (Å²) in [6.45, 7) is 1.20. The molecule has 4 nitrogen and oxygen atoms in total. The van der Waals surface area contributed by atoms with Gasteiger partial charge in [0.05, 0.1) is 30.7 Å². The maximum Gasteiger partial charge on any atom is 0.123 e. The molecule has 0 saturated heterocycles. The molecule has 5 heteroatoms. The Hall–Kier alpha value is -3.18. The Morgan fingerprint density at radius 2 is 1.50 bits per heavy atom. The first kappa shape index (κ1) is 17.2. The van der Waals surface area contributed by atoms with Gasteiger partial charge >= 0.3 is 0 Å². The smallest absolute Gasteiger partial charge is 0.123 e. The average molecular weight is 320 g/mol. The quantitative estimate of drug-likeness (QED) is 0.718. The minimum atomic E-state index is -0.284. The lowest BCUT2D eigenvalue weighted by atomic mass is 10.2. The van der Waals surface area contributed by atoms with Crippen molar-refractivity contribution in [3.63, 3.8) is 0 Å². The molecular weight excluding hydrogens is 303 g/mol. The summed E-state index contributed by atoms with van der Waals surface area (Å²) >= 11 is 0. The number of halogens is 1. The van der Waals surface area contributed by atoms with Crippen molar-refractivity contribution in [3.8, 4) is 12.1 Å². The van der Waals surface area contributed by atoms with E-state index in [-0.39, 0.29) is 5.82 Å². The van der Waals surface area contributed by atoms with Gasteiger partial charge in [0.15, 0.2) is 0 Å². The first-order chi connectivity index (χ1) is 11.7. The van der Waals surface area contributed by atoms with Crippen molar-refractivity contribution < 1.29 is 4.39 Å². The lowest BCUT2D eigenvalue weighted by Crippen LogP contribution is -2.25. The molecule has 2 rings (SSSR count). The Morgan fingerprint density at radius 1 is 0.917 bits per heavy atom. The lowest BCUT2D eigenvalue weighted by molar-refractivity contribution is 0.628. The van der Waals surface area contributed by atoms with Crippen LogP contribution < -0.4 is 4.90 Å². The van der Waals surface area contributed by atoms with Crippen LogP contribution in [0.15, 0.2) is 53.5 Å². The van der Waals surface area contributed by atoms with E-state index in [9.17, 15) is 4.39 Å². The Kier molecular flexibility index (Phi) is 6.49. The molecule has 0 atom stereocenters. The molecule has 0 aliphatic heterocycles. The van der Waals surface area contributed by atoms with Crippen LogP contribution in [-0.2, 0) is 0 Å². The van der Waals surface area contributed by atoms with E-state index in [4.69, 9.17) is 10.5 Å². The van der Waals surface area contributed by atoms with Crippen LogP contribution in [-0.4, -0.2) is 19.3 Å². The molecule has 0 heterocycles. The maximum absolute atomic E-state index is 12.9. The van der Waals surface area contributed by atoms with Gasteiger partial charge in [-0.2, -0.15) is 10.5 Å². The molecule has 0 aliphatic rings. The fourth-order valence-electron chi connectivity index (χ4n) is 2.19. The van der Waals surface area contributed by atoms with Crippen LogP contribution in [0.4, 0.5) is 15.8 Å². The summed E-state index contributed by atoms with van der Waals surface area (Å²) in [5.74, 6) is -0.284. The van der Waals surface area contributed by atoms with Crippen LogP contribution in [0.3, 0.4) is 0 Å². The van der Waals surface area contributed by atoms with Crippen molar-refractivity contribution in [3.05, 3.63) is 59.9 Å². The first-order valence-corrected chi connectivity index (χ1v) is 7.61. The van der Waals surface area contributed by atoms with E-state index in [1.54, 1.807) is 18.3 Å². The summed E-state index contributed by atoms with van der Waals surface area (Å²) in [6.07, 6.45) is 2.55. The molecule has 0 saturated carbocycles. The second-order valence-corrected chi connectivity index (χ2v) is 5.13. The third kappa shape index (κ3) is 5.23. The molecular formula is C19H17FN4. The lowest BCUT2D eigenvalue weighted by Gasteiger charge is -2.22. The van der Waals surface area contributed by atoms with E-state index >= 15 is 0 Å². The number of benzene rings is 2. The van der Waals surface area contributed by atoms with Gasteiger partial charge in [-0.15, -0.1) is 0 Å². The minimum Gasteiger partial charge on any atom is -0.369 e. The van der Waals surface area contributed by atoms with Gasteiger partial charge in [-0.05, 0) is 42.0 Å². The third-order valence-corrected chi connectivity index (χ3v) is 3.43. The summed E-state index contributed by atoms with van der Waals surface area (Å²) in [6, 6.07) is 18.0. The highest BCUT2D eigenvalue weighted by Gasteiger charge is 2.05. The molecule has 0 radical (unpaired) electrons. The van der Waals surface area contributed by atoms with Crippen LogP contribution in [0.2, 0.25) is 0 Å². The van der Waals surface area contributed by atoms with Gasteiger partial charge in [-0.3, -0.25) is 4.99 Å². The number of hydrogen-bond acceptors (Lipinski definition) is 4. The first-order valence-electron chi connectivity index (χ1n) is 7.61. The molecule has 0 unspecified atom stereocenters. The second-order valence-electron chi connectivity index (χ2n) is 5.13. The zero-order valence-corrected chi connectivity index (χ0v) is 13.2. The highest BCUT2D eigenvalue weighted by atomic mass is 19.1. The molecule has 0 spiro atoms. The number of nitrogens with zero attached hydrogens (tertiary/aromatic N) is 4. The van der Waals surface area contributed by atoms with Gasteiger partial charge in [0, 0.05) is 25.0 Å². The topological polar surface area (TPSA) is 63.2 Å². The van der Waals surface area contributed by atoms with E-state index in [1.807, 2.05) is 29.2 Å². The average Bonchev–Trinajstić information content (AvgIpc) is 2.62. The van der Waals surface area contributed by atoms with Crippen LogP contribution in [0.25, 0.3) is 0 Å². The standard InChI is InChI=1S/C19H17FN4/c20-17-5-7-18(8-6-17)23-15-16-3-9-19(10-4-16)24(13-1-11-21)14-2-12-22/h3-10,15H,1-2,13-14H2.